The Hall–Kier alpha value is -1.09. The van der Waals surface area contributed by atoms with Crippen LogP contribution in [0.15, 0.2) is 15.6 Å². The molecule has 0 aliphatic rings. The molecule has 0 atom stereocenters. The molecule has 0 saturated carbocycles. The SMILES string of the molecule is CCNCCNS(=O)(=O)c1cc(C(=O)OC)c(C)o1.Cl. The van der Waals surface area contributed by atoms with E-state index in [-0.39, 0.29) is 35.4 Å². The van der Waals surface area contributed by atoms with E-state index in [0.717, 1.165) is 12.6 Å². The van der Waals surface area contributed by atoms with Crippen LogP contribution in [-0.2, 0) is 14.8 Å². The van der Waals surface area contributed by atoms with Crippen LogP contribution < -0.4 is 10.0 Å². The van der Waals surface area contributed by atoms with E-state index in [1.54, 1.807) is 0 Å². The van der Waals surface area contributed by atoms with Crippen molar-refractivity contribution in [3.63, 3.8) is 0 Å². The van der Waals surface area contributed by atoms with E-state index in [9.17, 15) is 13.2 Å². The number of sulfonamides is 1. The van der Waals surface area contributed by atoms with Crippen molar-refractivity contribution in [1.29, 1.82) is 0 Å². The maximum Gasteiger partial charge on any atom is 0.341 e. The van der Waals surface area contributed by atoms with Gasteiger partial charge in [-0.2, -0.15) is 0 Å². The Kier molecular flexibility index (Phi) is 7.80. The summed E-state index contributed by atoms with van der Waals surface area (Å²) in [5, 5.41) is 2.69. The summed E-state index contributed by atoms with van der Waals surface area (Å²) < 4.78 is 35.8. The summed E-state index contributed by atoms with van der Waals surface area (Å²) in [6, 6.07) is 1.16. The highest BCUT2D eigenvalue weighted by Crippen LogP contribution is 2.19. The largest absolute Gasteiger partial charge is 0.465 e. The van der Waals surface area contributed by atoms with Crippen molar-refractivity contribution < 1.29 is 22.4 Å². The lowest BCUT2D eigenvalue weighted by Crippen LogP contribution is -2.31. The number of likely N-dealkylation sites (N-methyl/N-ethyl adjacent to an activating group) is 1. The molecule has 0 spiro atoms. The Labute approximate surface area is 124 Å². The van der Waals surface area contributed by atoms with Gasteiger partial charge in [0.1, 0.15) is 11.3 Å². The first kappa shape index (κ1) is 18.9. The van der Waals surface area contributed by atoms with Gasteiger partial charge >= 0.3 is 5.97 Å². The molecule has 0 unspecified atom stereocenters. The van der Waals surface area contributed by atoms with Gasteiger partial charge in [0.2, 0.25) is 5.09 Å². The summed E-state index contributed by atoms with van der Waals surface area (Å²) in [6.07, 6.45) is 0. The summed E-state index contributed by atoms with van der Waals surface area (Å²) in [5.74, 6) is -0.422. The molecule has 0 bridgehead atoms. The van der Waals surface area contributed by atoms with Gasteiger partial charge in [0.15, 0.2) is 0 Å². The van der Waals surface area contributed by atoms with Gasteiger partial charge in [-0.05, 0) is 13.5 Å². The number of aryl methyl sites for hydroxylation is 1. The zero-order chi connectivity index (χ0) is 14.5. The molecule has 116 valence electrons. The third-order valence-corrected chi connectivity index (χ3v) is 3.72. The Morgan fingerprint density at radius 2 is 2.05 bits per heavy atom. The molecule has 0 radical (unpaired) electrons. The quantitative estimate of drug-likeness (QED) is 0.565. The highest BCUT2D eigenvalue weighted by molar-refractivity contribution is 7.89. The Morgan fingerprint density at radius 1 is 1.40 bits per heavy atom. The monoisotopic (exact) mass is 326 g/mol. The van der Waals surface area contributed by atoms with E-state index < -0.39 is 16.0 Å². The molecule has 2 N–H and O–H groups in total. The minimum absolute atomic E-state index is 0. The predicted octanol–water partition coefficient (Wildman–Crippen LogP) is 0.684. The normalized spacial score (nSPS) is 10.9. The molecule has 1 rings (SSSR count). The van der Waals surface area contributed by atoms with Crippen molar-refractivity contribution in [3.05, 3.63) is 17.4 Å². The lowest BCUT2D eigenvalue weighted by Gasteiger charge is -2.04. The molecule has 1 aromatic rings. The lowest BCUT2D eigenvalue weighted by atomic mass is 10.3. The maximum atomic E-state index is 11.9. The number of ether oxygens (including phenoxy) is 1. The van der Waals surface area contributed by atoms with Gasteiger partial charge in [-0.1, -0.05) is 6.92 Å². The number of esters is 1. The topological polar surface area (TPSA) is 97.6 Å². The van der Waals surface area contributed by atoms with E-state index >= 15 is 0 Å². The van der Waals surface area contributed by atoms with Gasteiger partial charge in [0, 0.05) is 19.2 Å². The minimum atomic E-state index is -3.75. The van der Waals surface area contributed by atoms with E-state index in [1.165, 1.54) is 14.0 Å². The van der Waals surface area contributed by atoms with Crippen LogP contribution in [0.2, 0.25) is 0 Å². The Bertz CT molecular complexity index is 541. The molecule has 0 fully saturated rings. The number of rotatable bonds is 7. The van der Waals surface area contributed by atoms with Gasteiger partial charge in [-0.3, -0.25) is 0 Å². The molecule has 0 amide bonds. The van der Waals surface area contributed by atoms with Crippen LogP contribution in [0.4, 0.5) is 0 Å². The van der Waals surface area contributed by atoms with Crippen LogP contribution in [0, 0.1) is 6.92 Å². The first-order chi connectivity index (χ1) is 8.92. The third kappa shape index (κ3) is 4.78. The third-order valence-electron chi connectivity index (χ3n) is 2.41. The molecule has 7 nitrogen and oxygen atoms in total. The number of carbonyl (C=O) groups is 1. The van der Waals surface area contributed by atoms with Crippen LogP contribution in [0.25, 0.3) is 0 Å². The van der Waals surface area contributed by atoms with Gasteiger partial charge in [0.25, 0.3) is 10.0 Å². The molecule has 0 aliphatic carbocycles. The minimum Gasteiger partial charge on any atom is -0.465 e. The van der Waals surface area contributed by atoms with Crippen molar-refractivity contribution in [2.24, 2.45) is 0 Å². The van der Waals surface area contributed by atoms with Gasteiger partial charge in [0.05, 0.1) is 7.11 Å². The first-order valence-corrected chi connectivity index (χ1v) is 7.29. The molecular formula is C11H19ClN2O5S. The summed E-state index contributed by atoms with van der Waals surface area (Å²) >= 11 is 0. The van der Waals surface area contributed by atoms with E-state index in [1.807, 2.05) is 6.92 Å². The number of halogens is 1. The van der Waals surface area contributed by atoms with Crippen molar-refractivity contribution >= 4 is 28.4 Å². The number of carbonyl (C=O) groups excluding carboxylic acids is 1. The molecule has 0 aliphatic heterocycles. The van der Waals surface area contributed by atoms with E-state index in [4.69, 9.17) is 4.42 Å². The van der Waals surface area contributed by atoms with E-state index in [2.05, 4.69) is 14.8 Å². The fourth-order valence-electron chi connectivity index (χ4n) is 1.42. The summed E-state index contributed by atoms with van der Waals surface area (Å²) in [6.45, 7) is 4.94. The van der Waals surface area contributed by atoms with Gasteiger partial charge < -0.3 is 14.5 Å². The van der Waals surface area contributed by atoms with Crippen LogP contribution >= 0.6 is 12.4 Å². The van der Waals surface area contributed by atoms with Crippen LogP contribution in [-0.4, -0.2) is 41.1 Å². The average molecular weight is 327 g/mol. The van der Waals surface area contributed by atoms with Crippen LogP contribution in [0.3, 0.4) is 0 Å². The standard InChI is InChI=1S/C11H18N2O5S.ClH/c1-4-12-5-6-13-19(15,16)10-7-9(8(2)18-10)11(14)17-3;/h7,12-13H,4-6H2,1-3H3;1H. The van der Waals surface area contributed by atoms with Gasteiger partial charge in [-0.15, -0.1) is 12.4 Å². The van der Waals surface area contributed by atoms with Crippen molar-refractivity contribution in [2.75, 3.05) is 26.7 Å². The van der Waals surface area contributed by atoms with Gasteiger partial charge in [-0.25, -0.2) is 17.9 Å². The second-order valence-electron chi connectivity index (χ2n) is 3.78. The predicted molar refractivity (Wildman–Crippen MR) is 75.8 cm³/mol. The first-order valence-electron chi connectivity index (χ1n) is 5.81. The second kappa shape index (κ2) is 8.25. The van der Waals surface area contributed by atoms with Crippen molar-refractivity contribution in [1.82, 2.24) is 10.0 Å². The summed E-state index contributed by atoms with van der Waals surface area (Å²) in [5.41, 5.74) is 0.106. The number of hydrogen-bond acceptors (Lipinski definition) is 6. The number of methoxy groups -OCH3 is 1. The lowest BCUT2D eigenvalue weighted by molar-refractivity contribution is 0.0599. The van der Waals surface area contributed by atoms with E-state index in [0.29, 0.717) is 6.54 Å². The number of furan rings is 1. The highest BCUT2D eigenvalue weighted by atomic mass is 35.5. The van der Waals surface area contributed by atoms with Crippen molar-refractivity contribution in [3.8, 4) is 0 Å². The van der Waals surface area contributed by atoms with Crippen molar-refractivity contribution in [2.45, 2.75) is 18.9 Å². The summed E-state index contributed by atoms with van der Waals surface area (Å²) in [7, 11) is -2.53. The Balaban J connectivity index is 0.00000361. The number of nitrogens with one attached hydrogen (secondary N) is 2. The smallest absolute Gasteiger partial charge is 0.341 e. The number of hydrogen-bond donors (Lipinski definition) is 2. The molecular weight excluding hydrogens is 308 g/mol. The fraction of sp³-hybridized carbons (Fsp3) is 0.545. The zero-order valence-electron chi connectivity index (χ0n) is 11.6. The average Bonchev–Trinajstić information content (AvgIpc) is 2.77. The Morgan fingerprint density at radius 3 is 2.60 bits per heavy atom. The second-order valence-corrected chi connectivity index (χ2v) is 5.48. The molecule has 1 heterocycles. The maximum absolute atomic E-state index is 11.9. The van der Waals surface area contributed by atoms with Crippen LogP contribution in [0.1, 0.15) is 23.0 Å². The molecule has 0 aromatic carbocycles. The molecule has 9 heteroatoms. The highest BCUT2D eigenvalue weighted by Gasteiger charge is 2.23. The fourth-order valence-corrected chi connectivity index (χ4v) is 2.44. The molecule has 20 heavy (non-hydrogen) atoms. The zero-order valence-corrected chi connectivity index (χ0v) is 13.2. The van der Waals surface area contributed by atoms with Crippen LogP contribution in [0.5, 0.6) is 0 Å². The summed E-state index contributed by atoms with van der Waals surface area (Å²) in [4.78, 5) is 11.4. The molecule has 1 aromatic heterocycles. The molecule has 0 saturated heterocycles.